The number of carbonyl (C=O) groups excluding carboxylic acids is 1. The highest BCUT2D eigenvalue weighted by molar-refractivity contribution is 5.97. The molecular weight excluding hydrogens is 174 g/mol. The maximum absolute atomic E-state index is 11.9. The van der Waals surface area contributed by atoms with Crippen molar-refractivity contribution in [3.05, 3.63) is 12.7 Å². The van der Waals surface area contributed by atoms with Crippen molar-refractivity contribution in [3.8, 4) is 0 Å². The van der Waals surface area contributed by atoms with Crippen LogP contribution in [0.3, 0.4) is 0 Å². The van der Waals surface area contributed by atoms with Gasteiger partial charge in [-0.3, -0.25) is 9.69 Å². The molecule has 14 heavy (non-hydrogen) atoms. The molecular formula is C12H23NO. The summed E-state index contributed by atoms with van der Waals surface area (Å²) in [6.45, 7) is 13.8. The number of ketones is 1. The summed E-state index contributed by atoms with van der Waals surface area (Å²) in [4.78, 5) is 14.1. The van der Waals surface area contributed by atoms with Gasteiger partial charge in [0.15, 0.2) is 5.78 Å². The molecule has 2 heteroatoms. The summed E-state index contributed by atoms with van der Waals surface area (Å²) < 4.78 is 0. The third-order valence-corrected chi connectivity index (χ3v) is 3.18. The monoisotopic (exact) mass is 197 g/mol. The molecule has 0 aromatic carbocycles. The van der Waals surface area contributed by atoms with E-state index in [1.54, 1.807) is 0 Å². The van der Waals surface area contributed by atoms with E-state index in [2.05, 4.69) is 39.2 Å². The fourth-order valence-electron chi connectivity index (χ4n) is 2.22. The molecule has 0 saturated heterocycles. The second kappa shape index (κ2) is 5.97. The highest BCUT2D eigenvalue weighted by Gasteiger charge is 2.37. The molecule has 2 nitrogen and oxygen atoms in total. The Morgan fingerprint density at radius 1 is 1.21 bits per heavy atom. The van der Waals surface area contributed by atoms with Gasteiger partial charge >= 0.3 is 0 Å². The molecule has 0 aromatic rings. The van der Waals surface area contributed by atoms with Gasteiger partial charge in [0.2, 0.25) is 0 Å². The first-order valence-electron chi connectivity index (χ1n) is 5.54. The van der Waals surface area contributed by atoms with Gasteiger partial charge in [-0.1, -0.05) is 34.3 Å². The molecule has 0 rings (SSSR count). The van der Waals surface area contributed by atoms with E-state index >= 15 is 0 Å². The van der Waals surface area contributed by atoms with Crippen molar-refractivity contribution >= 4 is 5.78 Å². The van der Waals surface area contributed by atoms with Gasteiger partial charge in [-0.25, -0.2) is 0 Å². The second-order valence-electron chi connectivity index (χ2n) is 3.48. The molecule has 0 unspecified atom stereocenters. The first kappa shape index (κ1) is 13.4. The predicted molar refractivity (Wildman–Crippen MR) is 61.4 cm³/mol. The van der Waals surface area contributed by atoms with Gasteiger partial charge in [0.1, 0.15) is 0 Å². The maximum Gasteiger partial charge on any atom is 0.175 e. The van der Waals surface area contributed by atoms with Crippen LogP contribution in [0.25, 0.3) is 0 Å². The van der Waals surface area contributed by atoms with Crippen LogP contribution in [0.2, 0.25) is 0 Å². The molecule has 0 aliphatic rings. The minimum absolute atomic E-state index is 0.159. The third-order valence-electron chi connectivity index (χ3n) is 3.18. The lowest BCUT2D eigenvalue weighted by Crippen LogP contribution is -2.53. The zero-order valence-electron chi connectivity index (χ0n) is 9.97. The maximum atomic E-state index is 11.9. The highest BCUT2D eigenvalue weighted by Crippen LogP contribution is 2.25. The molecule has 0 bridgehead atoms. The average Bonchev–Trinajstić information content (AvgIpc) is 2.25. The molecule has 0 fully saturated rings. The van der Waals surface area contributed by atoms with E-state index in [0.717, 1.165) is 25.9 Å². The van der Waals surface area contributed by atoms with Crippen LogP contribution in [0, 0.1) is 0 Å². The zero-order chi connectivity index (χ0) is 11.2. The molecule has 0 radical (unpaired) electrons. The van der Waals surface area contributed by atoms with Crippen LogP contribution in [0.4, 0.5) is 0 Å². The number of carbonyl (C=O) groups is 1. The van der Waals surface area contributed by atoms with Crippen LogP contribution >= 0.6 is 0 Å². The number of likely N-dealkylation sites (N-methyl/N-ethyl adjacent to an activating group) is 1. The Hall–Kier alpha value is -0.630. The van der Waals surface area contributed by atoms with Gasteiger partial charge in [-0.05, 0) is 32.0 Å². The summed E-state index contributed by atoms with van der Waals surface area (Å²) in [7, 11) is 0. The summed E-state index contributed by atoms with van der Waals surface area (Å²) in [5.41, 5.74) is -0.314. The van der Waals surface area contributed by atoms with Crippen LogP contribution < -0.4 is 0 Å². The lowest BCUT2D eigenvalue weighted by atomic mass is 9.85. The van der Waals surface area contributed by atoms with Gasteiger partial charge < -0.3 is 0 Å². The predicted octanol–water partition coefficient (Wildman–Crippen LogP) is 2.64. The number of nitrogens with zero attached hydrogens (tertiary/aromatic N) is 1. The summed E-state index contributed by atoms with van der Waals surface area (Å²) in [5.74, 6) is 0.159. The summed E-state index contributed by atoms with van der Waals surface area (Å²) in [6.07, 6.45) is 3.18. The van der Waals surface area contributed by atoms with E-state index in [0.29, 0.717) is 0 Å². The van der Waals surface area contributed by atoms with Crippen molar-refractivity contribution in [1.82, 2.24) is 4.90 Å². The van der Waals surface area contributed by atoms with Gasteiger partial charge in [0, 0.05) is 0 Å². The largest absolute Gasteiger partial charge is 0.293 e. The topological polar surface area (TPSA) is 20.3 Å². The molecule has 0 heterocycles. The molecule has 0 spiro atoms. The van der Waals surface area contributed by atoms with Crippen LogP contribution in [0.1, 0.15) is 40.5 Å². The quantitative estimate of drug-likeness (QED) is 0.585. The number of hydrogen-bond acceptors (Lipinski definition) is 2. The lowest BCUT2D eigenvalue weighted by molar-refractivity contribution is -0.126. The first-order valence-corrected chi connectivity index (χ1v) is 5.54. The number of hydrogen-bond donors (Lipinski definition) is 0. The SMILES string of the molecule is C=CC(=O)C(CC)(CC)N(CC)CC. The van der Waals surface area contributed by atoms with E-state index in [-0.39, 0.29) is 11.3 Å². The molecule has 0 atom stereocenters. The minimum atomic E-state index is -0.314. The van der Waals surface area contributed by atoms with Gasteiger partial charge in [-0.2, -0.15) is 0 Å². The molecule has 0 saturated carbocycles. The molecule has 0 aliphatic carbocycles. The fourth-order valence-corrected chi connectivity index (χ4v) is 2.22. The zero-order valence-corrected chi connectivity index (χ0v) is 9.97. The van der Waals surface area contributed by atoms with Crippen molar-refractivity contribution in [1.29, 1.82) is 0 Å². The molecule has 0 aliphatic heterocycles. The van der Waals surface area contributed by atoms with E-state index in [4.69, 9.17) is 0 Å². The molecule has 0 N–H and O–H groups in total. The average molecular weight is 197 g/mol. The Morgan fingerprint density at radius 3 is 1.86 bits per heavy atom. The summed E-state index contributed by atoms with van der Waals surface area (Å²) >= 11 is 0. The Labute approximate surface area is 88.0 Å². The van der Waals surface area contributed by atoms with Crippen LogP contribution in [-0.4, -0.2) is 29.3 Å². The minimum Gasteiger partial charge on any atom is -0.293 e. The van der Waals surface area contributed by atoms with Gasteiger partial charge in [0.05, 0.1) is 5.54 Å². The van der Waals surface area contributed by atoms with Crippen molar-refractivity contribution in [2.45, 2.75) is 46.1 Å². The van der Waals surface area contributed by atoms with Crippen LogP contribution in [0.15, 0.2) is 12.7 Å². The molecule has 82 valence electrons. The summed E-state index contributed by atoms with van der Waals surface area (Å²) in [5, 5.41) is 0. The number of rotatable bonds is 7. The van der Waals surface area contributed by atoms with Gasteiger partial charge in [0.25, 0.3) is 0 Å². The fraction of sp³-hybridized carbons (Fsp3) is 0.750. The second-order valence-corrected chi connectivity index (χ2v) is 3.48. The first-order chi connectivity index (χ1) is 6.62. The van der Waals surface area contributed by atoms with E-state index in [1.165, 1.54) is 6.08 Å². The smallest absolute Gasteiger partial charge is 0.175 e. The van der Waals surface area contributed by atoms with Crippen LogP contribution in [-0.2, 0) is 4.79 Å². The van der Waals surface area contributed by atoms with E-state index in [9.17, 15) is 4.79 Å². The standard InChI is InChI=1S/C12H23NO/c1-6-11(14)12(7-2,8-3)13(9-4)10-5/h6H,1,7-10H2,2-5H3. The van der Waals surface area contributed by atoms with E-state index in [1.807, 2.05) is 0 Å². The molecule has 0 amide bonds. The summed E-state index contributed by atoms with van der Waals surface area (Å²) in [6, 6.07) is 0. The van der Waals surface area contributed by atoms with Crippen molar-refractivity contribution in [2.24, 2.45) is 0 Å². The highest BCUT2D eigenvalue weighted by atomic mass is 16.1. The normalized spacial score (nSPS) is 11.8. The van der Waals surface area contributed by atoms with Crippen molar-refractivity contribution in [2.75, 3.05) is 13.1 Å². The Balaban J connectivity index is 5.02. The Kier molecular flexibility index (Phi) is 5.70. The van der Waals surface area contributed by atoms with E-state index < -0.39 is 0 Å². The van der Waals surface area contributed by atoms with Gasteiger partial charge in [-0.15, -0.1) is 0 Å². The third kappa shape index (κ3) is 2.24. The van der Waals surface area contributed by atoms with Crippen molar-refractivity contribution in [3.63, 3.8) is 0 Å². The Bertz CT molecular complexity index is 190. The van der Waals surface area contributed by atoms with Crippen LogP contribution in [0.5, 0.6) is 0 Å². The van der Waals surface area contributed by atoms with Crippen molar-refractivity contribution < 1.29 is 4.79 Å². The molecule has 0 aromatic heterocycles. The Morgan fingerprint density at radius 2 is 1.64 bits per heavy atom. The lowest BCUT2D eigenvalue weighted by Gasteiger charge is -2.40.